The zero-order chi connectivity index (χ0) is 23.4. The van der Waals surface area contributed by atoms with Crippen LogP contribution in [0.3, 0.4) is 0 Å². The molecule has 1 aromatic carbocycles. The summed E-state index contributed by atoms with van der Waals surface area (Å²) in [4.78, 5) is 30.3. The van der Waals surface area contributed by atoms with Gasteiger partial charge in [0.2, 0.25) is 5.91 Å². The highest BCUT2D eigenvalue weighted by Crippen LogP contribution is 2.29. The maximum Gasteiger partial charge on any atom is 0.226 e. The van der Waals surface area contributed by atoms with Gasteiger partial charge in [-0.2, -0.15) is 0 Å². The fourth-order valence-electron chi connectivity index (χ4n) is 5.99. The summed E-state index contributed by atoms with van der Waals surface area (Å²) in [5, 5.41) is 4.08. The first-order chi connectivity index (χ1) is 15.9. The Balaban J connectivity index is 1.35. The van der Waals surface area contributed by atoms with Gasteiger partial charge in [-0.3, -0.25) is 14.5 Å². The van der Waals surface area contributed by atoms with Gasteiger partial charge in [-0.1, -0.05) is 24.4 Å². The zero-order valence-corrected chi connectivity index (χ0v) is 21.1. The largest absolute Gasteiger partial charge is 0.337 e. The first-order valence-corrected chi connectivity index (χ1v) is 13.3. The third-order valence-corrected chi connectivity index (χ3v) is 8.26. The molecule has 1 N–H and O–H groups in total. The highest BCUT2D eigenvalue weighted by Gasteiger charge is 2.33. The van der Waals surface area contributed by atoms with E-state index in [1.54, 1.807) is 0 Å². The maximum absolute atomic E-state index is 12.9. The first-order valence-electron chi connectivity index (χ1n) is 12.9. The second kappa shape index (κ2) is 11.3. The Morgan fingerprint density at radius 2 is 1.76 bits per heavy atom. The van der Waals surface area contributed by atoms with Crippen LogP contribution in [0.5, 0.6) is 0 Å². The van der Waals surface area contributed by atoms with Gasteiger partial charge in [0.1, 0.15) is 5.78 Å². The summed E-state index contributed by atoms with van der Waals surface area (Å²) in [5.41, 5.74) is 3.46. The number of ketones is 1. The van der Waals surface area contributed by atoms with Crippen LogP contribution in [0.2, 0.25) is 5.02 Å². The van der Waals surface area contributed by atoms with E-state index in [1.165, 1.54) is 24.0 Å². The number of hydrogen-bond acceptors (Lipinski definition) is 4. The molecule has 0 unspecified atom stereocenters. The van der Waals surface area contributed by atoms with Gasteiger partial charge in [0.15, 0.2) is 0 Å². The highest BCUT2D eigenvalue weighted by atomic mass is 35.5. The van der Waals surface area contributed by atoms with Crippen molar-refractivity contribution < 1.29 is 9.59 Å². The second-order valence-corrected chi connectivity index (χ2v) is 11.0. The van der Waals surface area contributed by atoms with Gasteiger partial charge in [-0.25, -0.2) is 0 Å². The molecule has 3 fully saturated rings. The van der Waals surface area contributed by atoms with Crippen LogP contribution in [0.1, 0.15) is 68.6 Å². The molecule has 182 valence electrons. The zero-order valence-electron chi connectivity index (χ0n) is 20.4. The highest BCUT2D eigenvalue weighted by molar-refractivity contribution is 6.30. The van der Waals surface area contributed by atoms with E-state index in [9.17, 15) is 9.59 Å². The lowest BCUT2D eigenvalue weighted by atomic mass is 9.89. The van der Waals surface area contributed by atoms with Gasteiger partial charge in [0.05, 0.1) is 0 Å². The Hall–Kier alpha value is -1.43. The van der Waals surface area contributed by atoms with Crippen molar-refractivity contribution in [1.82, 2.24) is 15.1 Å². The fourth-order valence-corrected chi connectivity index (χ4v) is 6.25. The molecule has 3 aliphatic rings. The Bertz CT molecular complexity index is 846. The molecule has 1 saturated carbocycles. The third-order valence-electron chi connectivity index (χ3n) is 8.04. The smallest absolute Gasteiger partial charge is 0.226 e. The lowest BCUT2D eigenvalue weighted by Gasteiger charge is -2.41. The molecule has 2 heterocycles. The number of Topliss-reactive ketones (excluding diaryl/α,β-unsaturated/α-hetero) is 1. The molecule has 1 aliphatic carbocycles. The van der Waals surface area contributed by atoms with Crippen LogP contribution in [0.25, 0.3) is 0 Å². The topological polar surface area (TPSA) is 52.7 Å². The average Bonchev–Trinajstić information content (AvgIpc) is 3.32. The minimum Gasteiger partial charge on any atom is -0.337 e. The molecule has 1 atom stereocenters. The average molecular weight is 474 g/mol. The van der Waals surface area contributed by atoms with Crippen LogP contribution < -0.4 is 5.32 Å². The molecule has 0 aromatic heterocycles. The van der Waals surface area contributed by atoms with E-state index in [4.69, 9.17) is 11.6 Å². The Morgan fingerprint density at radius 3 is 2.45 bits per heavy atom. The lowest BCUT2D eigenvalue weighted by molar-refractivity contribution is -0.140. The number of benzene rings is 1. The standard InChI is InChI=1S/C27H40ClN3O2/c1-19-17-30(11-12-31(19)27(33)22-5-3-4-6-22)18-24-15-25(28)14-23(20(24)2)16-26(32)13-21-7-9-29-10-8-21/h14-15,19,21-22,29H,3-13,16-18H2,1-2H3/t19-/m0/s1. The van der Waals surface area contributed by atoms with Crippen molar-refractivity contribution in [2.75, 3.05) is 32.7 Å². The van der Waals surface area contributed by atoms with Crippen molar-refractivity contribution in [3.63, 3.8) is 0 Å². The molecular formula is C27H40ClN3O2. The van der Waals surface area contributed by atoms with Crippen molar-refractivity contribution in [2.24, 2.45) is 11.8 Å². The van der Waals surface area contributed by atoms with Gasteiger partial charge in [-0.05, 0) is 87.4 Å². The molecule has 0 radical (unpaired) electrons. The lowest BCUT2D eigenvalue weighted by Crippen LogP contribution is -2.54. The van der Waals surface area contributed by atoms with E-state index in [0.29, 0.717) is 35.5 Å². The number of amides is 1. The van der Waals surface area contributed by atoms with Crippen molar-refractivity contribution in [3.8, 4) is 0 Å². The van der Waals surface area contributed by atoms with E-state index < -0.39 is 0 Å². The van der Waals surface area contributed by atoms with Crippen LogP contribution in [-0.2, 0) is 22.6 Å². The van der Waals surface area contributed by atoms with Gasteiger partial charge < -0.3 is 10.2 Å². The summed E-state index contributed by atoms with van der Waals surface area (Å²) in [6.07, 6.45) is 7.86. The molecule has 4 rings (SSSR count). The number of piperidine rings is 1. The quantitative estimate of drug-likeness (QED) is 0.638. The Kier molecular flexibility index (Phi) is 8.48. The molecule has 0 spiro atoms. The van der Waals surface area contributed by atoms with Gasteiger partial charge >= 0.3 is 0 Å². The number of piperazine rings is 1. The molecule has 33 heavy (non-hydrogen) atoms. The van der Waals surface area contributed by atoms with Gasteiger partial charge in [0, 0.05) is 56.0 Å². The van der Waals surface area contributed by atoms with E-state index >= 15 is 0 Å². The maximum atomic E-state index is 12.9. The predicted molar refractivity (Wildman–Crippen MR) is 134 cm³/mol. The molecule has 5 nitrogen and oxygen atoms in total. The number of carbonyl (C=O) groups excluding carboxylic acids is 2. The molecule has 6 heteroatoms. The van der Waals surface area contributed by atoms with E-state index in [2.05, 4.69) is 35.0 Å². The van der Waals surface area contributed by atoms with Crippen LogP contribution >= 0.6 is 11.6 Å². The second-order valence-electron chi connectivity index (χ2n) is 10.6. The molecule has 1 aromatic rings. The molecular weight excluding hydrogens is 434 g/mol. The van der Waals surface area contributed by atoms with Gasteiger partial charge in [-0.15, -0.1) is 0 Å². The molecule has 0 bridgehead atoms. The van der Waals surface area contributed by atoms with E-state index in [0.717, 1.165) is 70.5 Å². The number of nitrogens with zero attached hydrogens (tertiary/aromatic N) is 2. The number of carbonyl (C=O) groups is 2. The van der Waals surface area contributed by atoms with Crippen LogP contribution in [0, 0.1) is 18.8 Å². The number of hydrogen-bond donors (Lipinski definition) is 1. The van der Waals surface area contributed by atoms with Crippen molar-refractivity contribution in [3.05, 3.63) is 33.8 Å². The summed E-state index contributed by atoms with van der Waals surface area (Å²) in [6, 6.07) is 4.26. The first kappa shape index (κ1) is 24.7. The molecule has 1 amide bonds. The summed E-state index contributed by atoms with van der Waals surface area (Å²) in [7, 11) is 0. The third kappa shape index (κ3) is 6.37. The van der Waals surface area contributed by atoms with Crippen molar-refractivity contribution in [2.45, 2.75) is 77.8 Å². The number of nitrogens with one attached hydrogen (secondary N) is 1. The summed E-state index contributed by atoms with van der Waals surface area (Å²) >= 11 is 6.49. The van der Waals surface area contributed by atoms with E-state index in [-0.39, 0.29) is 12.0 Å². The minimum absolute atomic E-state index is 0.234. The SMILES string of the molecule is Cc1c(CC(=O)CC2CCNCC2)cc(Cl)cc1CN1CCN(C(=O)C2CCCC2)[C@@H](C)C1. The van der Waals surface area contributed by atoms with Gasteiger partial charge in [0.25, 0.3) is 0 Å². The predicted octanol–water partition coefficient (Wildman–Crippen LogP) is 4.37. The van der Waals surface area contributed by atoms with Crippen LogP contribution in [-0.4, -0.2) is 60.3 Å². The number of rotatable bonds is 7. The van der Waals surface area contributed by atoms with Crippen molar-refractivity contribution in [1.29, 1.82) is 0 Å². The Morgan fingerprint density at radius 1 is 1.06 bits per heavy atom. The summed E-state index contributed by atoms with van der Waals surface area (Å²) < 4.78 is 0. The summed E-state index contributed by atoms with van der Waals surface area (Å²) in [6.45, 7) is 9.74. The summed E-state index contributed by atoms with van der Waals surface area (Å²) in [5.74, 6) is 1.46. The fraction of sp³-hybridized carbons (Fsp3) is 0.704. The Labute approximate surface area is 204 Å². The van der Waals surface area contributed by atoms with Crippen LogP contribution in [0.15, 0.2) is 12.1 Å². The normalized spacial score (nSPS) is 23.2. The van der Waals surface area contributed by atoms with E-state index in [1.807, 2.05) is 6.07 Å². The monoisotopic (exact) mass is 473 g/mol. The van der Waals surface area contributed by atoms with Crippen molar-refractivity contribution >= 4 is 23.3 Å². The minimum atomic E-state index is 0.234. The number of halogens is 1. The van der Waals surface area contributed by atoms with Crippen LogP contribution in [0.4, 0.5) is 0 Å². The molecule has 2 saturated heterocycles. The molecule has 2 aliphatic heterocycles.